The Morgan fingerprint density at radius 3 is 2.31 bits per heavy atom. The van der Waals surface area contributed by atoms with Crippen LogP contribution in [0.3, 0.4) is 0 Å². The molecule has 0 atom stereocenters. The first-order valence-electron chi connectivity index (χ1n) is 10.7. The Balaban J connectivity index is 1.90. The molecule has 10 nitrogen and oxygen atoms in total. The van der Waals surface area contributed by atoms with Crippen molar-refractivity contribution in [2.75, 3.05) is 0 Å². The maximum absolute atomic E-state index is 16.0. The lowest BCUT2D eigenvalue weighted by atomic mass is 10.1. The highest BCUT2D eigenvalue weighted by Crippen LogP contribution is 2.34. The third-order valence-electron chi connectivity index (χ3n) is 5.38. The number of rotatable bonds is 5. The smallest absolute Gasteiger partial charge is 0.374 e. The summed E-state index contributed by atoms with van der Waals surface area (Å²) in [5, 5.41) is 2.99. The third-order valence-corrected chi connectivity index (χ3v) is 6.70. The summed E-state index contributed by atoms with van der Waals surface area (Å²) in [4.78, 5) is 25.0. The van der Waals surface area contributed by atoms with Crippen LogP contribution < -0.4 is 9.74 Å². The minimum atomic E-state index is -6.15. The maximum Gasteiger partial charge on any atom is 0.534 e. The second-order valence-corrected chi connectivity index (χ2v) is 10.1. The van der Waals surface area contributed by atoms with Crippen LogP contribution in [0.1, 0.15) is 22.9 Å². The van der Waals surface area contributed by atoms with Crippen LogP contribution >= 0.6 is 11.6 Å². The van der Waals surface area contributed by atoms with Crippen LogP contribution in [0.5, 0.6) is 5.75 Å². The number of hydrogen-bond donors (Lipinski definition) is 0. The summed E-state index contributed by atoms with van der Waals surface area (Å²) in [6, 6.07) is 1.86. The average molecular weight is 591 g/mol. The van der Waals surface area contributed by atoms with Gasteiger partial charge in [-0.1, -0.05) is 11.6 Å². The lowest BCUT2D eigenvalue weighted by Crippen LogP contribution is -2.30. The minimum Gasteiger partial charge on any atom is -0.374 e. The molecule has 17 heteroatoms. The second kappa shape index (κ2) is 9.68. The normalized spacial score (nSPS) is 12.2. The highest BCUT2D eigenvalue weighted by atomic mass is 35.5. The standard InChI is InChI=1S/C22H16ClF5N6O4S/c1-9-8-30-18(13-5-6-29-20(16(13)24)34-12(4)31-11(3)32-34)17(25)19(9)33-10(2)7-14(15(23)21(33)35)38-39(36,37)22(26,27)28/h5-8H,1-4H3. The van der Waals surface area contributed by atoms with Gasteiger partial charge in [0.1, 0.15) is 22.4 Å². The molecule has 0 aliphatic heterocycles. The SMILES string of the molecule is Cc1nc(C)n(-c2nccc(-c3ncc(C)c(-n4c(C)cc(OS(=O)(=O)C(F)(F)F)c(Cl)c4=O)c3F)c2F)n1. The van der Waals surface area contributed by atoms with E-state index >= 15 is 8.78 Å². The third kappa shape index (κ3) is 4.85. The van der Waals surface area contributed by atoms with Crippen molar-refractivity contribution >= 4 is 21.7 Å². The molecule has 0 amide bonds. The number of alkyl halides is 3. The van der Waals surface area contributed by atoms with Crippen molar-refractivity contribution in [3.05, 3.63) is 74.4 Å². The van der Waals surface area contributed by atoms with Gasteiger partial charge in [-0.3, -0.25) is 14.3 Å². The van der Waals surface area contributed by atoms with E-state index in [1.165, 1.54) is 20.0 Å². The van der Waals surface area contributed by atoms with E-state index in [4.69, 9.17) is 11.6 Å². The average Bonchev–Trinajstić information content (AvgIpc) is 3.16. The molecule has 0 unspecified atom stereocenters. The molecule has 0 radical (unpaired) electrons. The molecule has 4 aromatic rings. The van der Waals surface area contributed by atoms with Gasteiger partial charge in [0.05, 0.1) is 5.69 Å². The van der Waals surface area contributed by atoms with E-state index < -0.39 is 55.0 Å². The number of pyridine rings is 3. The molecule has 0 aromatic carbocycles. The topological polar surface area (TPSA) is 122 Å². The first kappa shape index (κ1) is 28.1. The molecular weight excluding hydrogens is 575 g/mol. The largest absolute Gasteiger partial charge is 0.534 e. The Morgan fingerprint density at radius 1 is 1.05 bits per heavy atom. The van der Waals surface area contributed by atoms with Gasteiger partial charge in [0.25, 0.3) is 5.56 Å². The van der Waals surface area contributed by atoms with Gasteiger partial charge in [0.15, 0.2) is 23.2 Å². The molecule has 0 N–H and O–H groups in total. The van der Waals surface area contributed by atoms with E-state index in [2.05, 4.69) is 24.2 Å². The van der Waals surface area contributed by atoms with E-state index in [1.54, 1.807) is 13.8 Å². The highest BCUT2D eigenvalue weighted by molar-refractivity contribution is 7.88. The lowest BCUT2D eigenvalue weighted by molar-refractivity contribution is -0.0500. The van der Waals surface area contributed by atoms with Crippen molar-refractivity contribution < 1.29 is 34.6 Å². The van der Waals surface area contributed by atoms with Crippen molar-refractivity contribution in [2.45, 2.75) is 33.2 Å². The van der Waals surface area contributed by atoms with Crippen LogP contribution in [0.15, 0.2) is 29.3 Å². The first-order valence-corrected chi connectivity index (χ1v) is 12.5. The van der Waals surface area contributed by atoms with Crippen molar-refractivity contribution in [3.8, 4) is 28.5 Å². The van der Waals surface area contributed by atoms with Crippen LogP contribution in [-0.2, 0) is 10.1 Å². The number of hydrogen-bond acceptors (Lipinski definition) is 8. The quantitative estimate of drug-likeness (QED) is 0.192. The zero-order valence-corrected chi connectivity index (χ0v) is 21.9. The molecule has 0 spiro atoms. The van der Waals surface area contributed by atoms with Gasteiger partial charge in [0, 0.05) is 29.7 Å². The molecule has 4 aromatic heterocycles. The molecule has 0 aliphatic carbocycles. The predicted octanol–water partition coefficient (Wildman–Crippen LogP) is 4.27. The van der Waals surface area contributed by atoms with E-state index in [0.717, 1.165) is 16.9 Å². The van der Waals surface area contributed by atoms with Crippen molar-refractivity contribution in [1.82, 2.24) is 29.3 Å². The van der Waals surface area contributed by atoms with E-state index in [1.807, 2.05) is 0 Å². The fourth-order valence-electron chi connectivity index (χ4n) is 3.70. The van der Waals surface area contributed by atoms with Gasteiger partial charge in [-0.15, -0.1) is 5.10 Å². The summed E-state index contributed by atoms with van der Waals surface area (Å²) in [7, 11) is -6.15. The number of halogens is 6. The van der Waals surface area contributed by atoms with Gasteiger partial charge >= 0.3 is 15.6 Å². The molecule has 0 fully saturated rings. The van der Waals surface area contributed by atoms with Crippen LogP contribution in [0.25, 0.3) is 22.8 Å². The molecule has 0 aliphatic rings. The van der Waals surface area contributed by atoms with Crippen molar-refractivity contribution in [1.29, 1.82) is 0 Å². The summed E-state index contributed by atoms with van der Waals surface area (Å²) in [5.41, 5.74) is -8.62. The fraction of sp³-hybridized carbons (Fsp3) is 0.227. The molecule has 0 saturated heterocycles. The molecule has 0 saturated carbocycles. The zero-order chi connectivity index (χ0) is 29.0. The van der Waals surface area contributed by atoms with Gasteiger partial charge in [0.2, 0.25) is 0 Å². The molecule has 39 heavy (non-hydrogen) atoms. The van der Waals surface area contributed by atoms with Crippen LogP contribution in [0.4, 0.5) is 22.0 Å². The van der Waals surface area contributed by atoms with Crippen LogP contribution in [-0.4, -0.2) is 43.2 Å². The maximum atomic E-state index is 16.0. The van der Waals surface area contributed by atoms with E-state index in [-0.39, 0.29) is 22.6 Å². The Kier molecular flexibility index (Phi) is 6.97. The molecule has 4 heterocycles. The highest BCUT2D eigenvalue weighted by Gasteiger charge is 2.49. The lowest BCUT2D eigenvalue weighted by Gasteiger charge is -2.18. The number of aryl methyl sites for hydroxylation is 4. The molecular formula is C22H16ClF5N6O4S. The van der Waals surface area contributed by atoms with Crippen molar-refractivity contribution in [3.63, 3.8) is 0 Å². The van der Waals surface area contributed by atoms with Crippen LogP contribution in [0, 0.1) is 39.3 Å². The monoisotopic (exact) mass is 590 g/mol. The molecule has 4 rings (SSSR count). The summed E-state index contributed by atoms with van der Waals surface area (Å²) >= 11 is 5.86. The zero-order valence-electron chi connectivity index (χ0n) is 20.3. The minimum absolute atomic E-state index is 0.0616. The summed E-state index contributed by atoms with van der Waals surface area (Å²) in [6.45, 7) is 5.68. The Hall–Kier alpha value is -3.92. The fourth-order valence-corrected chi connectivity index (χ4v) is 4.38. The summed E-state index contributed by atoms with van der Waals surface area (Å²) in [6.07, 6.45) is 2.32. The molecule has 206 valence electrons. The predicted molar refractivity (Wildman–Crippen MR) is 127 cm³/mol. The van der Waals surface area contributed by atoms with Gasteiger partial charge in [-0.05, 0) is 39.3 Å². The number of aromatic nitrogens is 6. The second-order valence-electron chi connectivity index (χ2n) is 8.15. The van der Waals surface area contributed by atoms with Gasteiger partial charge in [-0.2, -0.15) is 26.3 Å². The van der Waals surface area contributed by atoms with E-state index in [9.17, 15) is 26.4 Å². The first-order chi connectivity index (χ1) is 18.0. The Labute approximate surface area is 221 Å². The number of nitrogens with zero attached hydrogens (tertiary/aromatic N) is 6. The Morgan fingerprint density at radius 2 is 1.72 bits per heavy atom. The van der Waals surface area contributed by atoms with E-state index in [0.29, 0.717) is 22.3 Å². The van der Waals surface area contributed by atoms with Gasteiger partial charge < -0.3 is 4.18 Å². The van der Waals surface area contributed by atoms with Gasteiger partial charge in [-0.25, -0.2) is 18.7 Å². The Bertz CT molecular complexity index is 1800. The summed E-state index contributed by atoms with van der Waals surface area (Å²) in [5.74, 6) is -2.95. The summed E-state index contributed by atoms with van der Waals surface area (Å²) < 4.78 is 98.4. The van der Waals surface area contributed by atoms with Crippen molar-refractivity contribution in [2.24, 2.45) is 0 Å². The molecule has 0 bridgehead atoms. The van der Waals surface area contributed by atoms with Crippen LogP contribution in [0.2, 0.25) is 5.02 Å².